The molecule has 0 saturated heterocycles. The largest absolute Gasteiger partial charge is 0.320 e. The van der Waals surface area contributed by atoms with Crippen molar-refractivity contribution >= 4 is 38.9 Å². The molecule has 0 aliphatic carbocycles. The highest BCUT2D eigenvalue weighted by Crippen LogP contribution is 2.33. The van der Waals surface area contributed by atoms with Gasteiger partial charge in [0.25, 0.3) is 0 Å². The number of hydrogen-bond donors (Lipinski definition) is 1. The highest BCUT2D eigenvalue weighted by molar-refractivity contribution is 9.11. The Balaban J connectivity index is 2.43. The van der Waals surface area contributed by atoms with Crippen LogP contribution in [0.3, 0.4) is 0 Å². The Morgan fingerprint density at radius 3 is 2.47 bits per heavy atom. The summed E-state index contributed by atoms with van der Waals surface area (Å²) in [4.78, 5) is 0.824. The Bertz CT molecular complexity index is 558. The van der Waals surface area contributed by atoms with Crippen molar-refractivity contribution in [1.82, 2.24) is 0 Å². The number of benzene rings is 1. The first-order chi connectivity index (χ1) is 7.99. The number of nitrogens with two attached hydrogens (primary N) is 1. The Morgan fingerprint density at radius 2 is 1.88 bits per heavy atom. The Morgan fingerprint density at radius 1 is 1.24 bits per heavy atom. The van der Waals surface area contributed by atoms with E-state index in [1.54, 1.807) is 0 Å². The summed E-state index contributed by atoms with van der Waals surface area (Å²) in [6.07, 6.45) is 0. The van der Waals surface area contributed by atoms with Crippen molar-refractivity contribution in [3.8, 4) is 0 Å². The van der Waals surface area contributed by atoms with Gasteiger partial charge in [-0.2, -0.15) is 0 Å². The standard InChI is InChI=1S/C11H7BrClF2NS/c12-10-2-1-9(17-10)11(16)5-3-7(14)8(15)4-6(5)13/h1-4,11H,16H2. The lowest BCUT2D eigenvalue weighted by atomic mass is 10.1. The van der Waals surface area contributed by atoms with Crippen molar-refractivity contribution in [2.45, 2.75) is 6.04 Å². The fourth-order valence-electron chi connectivity index (χ4n) is 1.42. The van der Waals surface area contributed by atoms with Gasteiger partial charge >= 0.3 is 0 Å². The van der Waals surface area contributed by atoms with Gasteiger partial charge in [-0.25, -0.2) is 8.78 Å². The third-order valence-corrected chi connectivity index (χ3v) is 4.31. The highest BCUT2D eigenvalue weighted by Gasteiger charge is 2.17. The molecule has 0 aliphatic rings. The lowest BCUT2D eigenvalue weighted by Crippen LogP contribution is -2.11. The number of thiophene rings is 1. The molecule has 2 aromatic rings. The zero-order valence-corrected chi connectivity index (χ0v) is 11.5. The fraction of sp³-hybridized carbons (Fsp3) is 0.0909. The van der Waals surface area contributed by atoms with Crippen LogP contribution in [-0.2, 0) is 0 Å². The molecule has 0 bridgehead atoms. The van der Waals surface area contributed by atoms with Gasteiger partial charge < -0.3 is 5.73 Å². The second kappa shape index (κ2) is 5.02. The van der Waals surface area contributed by atoms with Crippen LogP contribution in [0.4, 0.5) is 8.78 Å². The highest BCUT2D eigenvalue weighted by atomic mass is 79.9. The minimum absolute atomic E-state index is 0.126. The van der Waals surface area contributed by atoms with E-state index in [4.69, 9.17) is 17.3 Å². The van der Waals surface area contributed by atoms with E-state index >= 15 is 0 Å². The summed E-state index contributed by atoms with van der Waals surface area (Å²) in [6.45, 7) is 0. The summed E-state index contributed by atoms with van der Waals surface area (Å²) < 4.78 is 27.0. The van der Waals surface area contributed by atoms with E-state index in [0.717, 1.165) is 20.8 Å². The Hall–Kier alpha value is -0.490. The van der Waals surface area contributed by atoms with Gasteiger partial charge in [-0.3, -0.25) is 0 Å². The van der Waals surface area contributed by atoms with E-state index in [2.05, 4.69) is 15.9 Å². The van der Waals surface area contributed by atoms with Crippen LogP contribution in [0.25, 0.3) is 0 Å². The summed E-state index contributed by atoms with van der Waals surface area (Å²) in [5.74, 6) is -1.92. The normalized spacial score (nSPS) is 12.8. The maximum absolute atomic E-state index is 13.1. The van der Waals surface area contributed by atoms with Crippen LogP contribution in [-0.4, -0.2) is 0 Å². The van der Waals surface area contributed by atoms with E-state index in [0.29, 0.717) is 5.56 Å². The number of hydrogen-bond acceptors (Lipinski definition) is 2. The van der Waals surface area contributed by atoms with E-state index < -0.39 is 17.7 Å². The van der Waals surface area contributed by atoms with Crippen molar-refractivity contribution in [3.63, 3.8) is 0 Å². The average molecular weight is 339 g/mol. The zero-order chi connectivity index (χ0) is 12.6. The van der Waals surface area contributed by atoms with Crippen LogP contribution >= 0.6 is 38.9 Å². The van der Waals surface area contributed by atoms with Crippen LogP contribution < -0.4 is 5.73 Å². The molecule has 17 heavy (non-hydrogen) atoms. The van der Waals surface area contributed by atoms with Gasteiger partial charge in [-0.15, -0.1) is 11.3 Å². The van der Waals surface area contributed by atoms with Gasteiger partial charge in [0.2, 0.25) is 0 Å². The number of halogens is 4. The van der Waals surface area contributed by atoms with Gasteiger partial charge in [0.1, 0.15) is 0 Å². The van der Waals surface area contributed by atoms with Crippen molar-refractivity contribution in [3.05, 3.63) is 55.1 Å². The fourth-order valence-corrected chi connectivity index (χ4v) is 3.14. The second-order valence-electron chi connectivity index (χ2n) is 3.41. The molecule has 1 atom stereocenters. The lowest BCUT2D eigenvalue weighted by Gasteiger charge is -2.12. The van der Waals surface area contributed by atoms with E-state index in [1.165, 1.54) is 11.3 Å². The van der Waals surface area contributed by atoms with Gasteiger partial charge in [0, 0.05) is 9.90 Å². The molecular weight excluding hydrogens is 332 g/mol. The summed E-state index contributed by atoms with van der Waals surface area (Å²) >= 11 is 10.6. The predicted molar refractivity (Wildman–Crippen MR) is 69.4 cm³/mol. The van der Waals surface area contributed by atoms with Crippen LogP contribution in [0.15, 0.2) is 28.1 Å². The topological polar surface area (TPSA) is 26.0 Å². The molecule has 0 fully saturated rings. The van der Waals surface area contributed by atoms with Crippen LogP contribution in [0, 0.1) is 11.6 Å². The van der Waals surface area contributed by atoms with Gasteiger partial charge in [-0.1, -0.05) is 11.6 Å². The lowest BCUT2D eigenvalue weighted by molar-refractivity contribution is 0.506. The molecular formula is C11H7BrClF2NS. The first-order valence-corrected chi connectivity index (χ1v) is 6.63. The first kappa shape index (κ1) is 13.0. The summed E-state index contributed by atoms with van der Waals surface area (Å²) in [7, 11) is 0. The molecule has 1 aromatic heterocycles. The maximum Gasteiger partial charge on any atom is 0.160 e. The molecule has 1 nitrogen and oxygen atoms in total. The molecule has 0 aliphatic heterocycles. The molecule has 0 radical (unpaired) electrons. The van der Waals surface area contributed by atoms with Crippen molar-refractivity contribution in [2.24, 2.45) is 5.73 Å². The van der Waals surface area contributed by atoms with Gasteiger partial charge in [-0.05, 0) is 45.8 Å². The summed E-state index contributed by atoms with van der Waals surface area (Å²) in [5, 5.41) is 0.126. The molecule has 1 unspecified atom stereocenters. The van der Waals surface area contributed by atoms with Crippen molar-refractivity contribution in [1.29, 1.82) is 0 Å². The smallest absolute Gasteiger partial charge is 0.160 e. The van der Waals surface area contributed by atoms with E-state index in [9.17, 15) is 8.78 Å². The third kappa shape index (κ3) is 2.68. The molecule has 0 saturated carbocycles. The van der Waals surface area contributed by atoms with Gasteiger partial charge in [0.05, 0.1) is 9.83 Å². The van der Waals surface area contributed by atoms with Crippen molar-refractivity contribution < 1.29 is 8.78 Å². The molecule has 0 spiro atoms. The predicted octanol–water partition coefficient (Wildman–Crippen LogP) is 4.49. The first-order valence-electron chi connectivity index (χ1n) is 4.64. The second-order valence-corrected chi connectivity index (χ2v) is 6.31. The Labute approximate surface area is 114 Å². The van der Waals surface area contributed by atoms with Crippen LogP contribution in [0.1, 0.15) is 16.5 Å². The van der Waals surface area contributed by atoms with Crippen molar-refractivity contribution in [2.75, 3.05) is 0 Å². The summed E-state index contributed by atoms with van der Waals surface area (Å²) in [6, 6.07) is 5.07. The molecule has 0 amide bonds. The average Bonchev–Trinajstić information content (AvgIpc) is 2.69. The van der Waals surface area contributed by atoms with E-state index in [-0.39, 0.29) is 5.02 Å². The molecule has 2 rings (SSSR count). The van der Waals surface area contributed by atoms with Crippen LogP contribution in [0.2, 0.25) is 5.02 Å². The SMILES string of the molecule is NC(c1ccc(Br)s1)c1cc(F)c(F)cc1Cl. The summed E-state index contributed by atoms with van der Waals surface area (Å²) in [5.41, 5.74) is 6.34. The monoisotopic (exact) mass is 337 g/mol. The minimum atomic E-state index is -0.974. The maximum atomic E-state index is 13.1. The molecule has 1 heterocycles. The zero-order valence-electron chi connectivity index (χ0n) is 8.38. The quantitative estimate of drug-likeness (QED) is 0.802. The van der Waals surface area contributed by atoms with E-state index in [1.807, 2.05) is 12.1 Å². The molecule has 2 N–H and O–H groups in total. The molecule has 90 valence electrons. The minimum Gasteiger partial charge on any atom is -0.320 e. The Kier molecular flexibility index (Phi) is 3.82. The molecule has 6 heteroatoms. The number of rotatable bonds is 2. The van der Waals surface area contributed by atoms with Crippen LogP contribution in [0.5, 0.6) is 0 Å². The molecule has 1 aromatic carbocycles. The third-order valence-electron chi connectivity index (χ3n) is 2.28. The van der Waals surface area contributed by atoms with Gasteiger partial charge in [0.15, 0.2) is 11.6 Å².